The lowest BCUT2D eigenvalue weighted by Gasteiger charge is -2.34. The third-order valence-corrected chi connectivity index (χ3v) is 3.53. The number of hydrogen-bond acceptors (Lipinski definition) is 6. The number of rotatable bonds is 6. The molecule has 2 rings (SSSR count). The van der Waals surface area contributed by atoms with E-state index in [-0.39, 0.29) is 18.4 Å². The molecule has 0 radical (unpaired) electrons. The summed E-state index contributed by atoms with van der Waals surface area (Å²) in [5.41, 5.74) is 0.359. The van der Waals surface area contributed by atoms with Crippen LogP contribution >= 0.6 is 0 Å². The van der Waals surface area contributed by atoms with Gasteiger partial charge >= 0.3 is 0 Å². The normalized spacial score (nSPS) is 15.8. The first-order valence-electron chi connectivity index (χ1n) is 7.30. The van der Waals surface area contributed by atoms with E-state index >= 15 is 0 Å². The first-order valence-corrected chi connectivity index (χ1v) is 7.30. The van der Waals surface area contributed by atoms with Crippen LogP contribution in [-0.2, 0) is 9.53 Å². The molecule has 1 saturated heterocycles. The van der Waals surface area contributed by atoms with Crippen LogP contribution in [0.5, 0.6) is 0 Å². The van der Waals surface area contributed by atoms with Crippen LogP contribution < -0.4 is 5.32 Å². The van der Waals surface area contributed by atoms with Gasteiger partial charge in [-0.15, -0.1) is 0 Å². The predicted octanol–water partition coefficient (Wildman–Crippen LogP) is -0.497. The second-order valence-electron chi connectivity index (χ2n) is 5.24. The summed E-state index contributed by atoms with van der Waals surface area (Å²) >= 11 is 0. The molecule has 2 amide bonds. The van der Waals surface area contributed by atoms with E-state index in [4.69, 9.17) is 9.26 Å². The third-order valence-electron chi connectivity index (χ3n) is 3.53. The second-order valence-corrected chi connectivity index (χ2v) is 5.24. The number of aryl methyl sites for hydroxylation is 1. The molecule has 1 aromatic heterocycles. The average Bonchev–Trinajstić information content (AvgIpc) is 2.94. The molecule has 0 spiro atoms. The highest BCUT2D eigenvalue weighted by Crippen LogP contribution is 2.09. The maximum atomic E-state index is 12.2. The maximum Gasteiger partial charge on any atom is 0.276 e. The summed E-state index contributed by atoms with van der Waals surface area (Å²) in [5.74, 6) is 0.427. The van der Waals surface area contributed by atoms with Crippen molar-refractivity contribution in [1.82, 2.24) is 20.3 Å². The third kappa shape index (κ3) is 4.54. The van der Waals surface area contributed by atoms with Crippen LogP contribution in [0.15, 0.2) is 10.6 Å². The molecule has 8 nitrogen and oxygen atoms in total. The standard InChI is InChI=1S/C14H22N4O4/c1-11-9-12(16-22-11)14(20)18-7-5-17(6-8-18)4-3-15-13(19)10-21-2/h9H,3-8,10H2,1-2H3,(H,15,19). The summed E-state index contributed by atoms with van der Waals surface area (Å²) in [4.78, 5) is 27.5. The van der Waals surface area contributed by atoms with Crippen LogP contribution in [0, 0.1) is 6.92 Å². The number of carbonyl (C=O) groups excluding carboxylic acids is 2. The highest BCUT2D eigenvalue weighted by atomic mass is 16.5. The van der Waals surface area contributed by atoms with Crippen molar-refractivity contribution in [2.75, 3.05) is 53.0 Å². The lowest BCUT2D eigenvalue weighted by atomic mass is 10.2. The van der Waals surface area contributed by atoms with Gasteiger partial charge in [0.25, 0.3) is 5.91 Å². The summed E-state index contributed by atoms with van der Waals surface area (Å²) in [5, 5.41) is 6.54. The SMILES string of the molecule is COCC(=O)NCCN1CCN(C(=O)c2cc(C)on2)CC1. The van der Waals surface area contributed by atoms with Crippen molar-refractivity contribution in [2.45, 2.75) is 6.92 Å². The molecule has 0 bridgehead atoms. The highest BCUT2D eigenvalue weighted by molar-refractivity contribution is 5.92. The number of nitrogens with one attached hydrogen (secondary N) is 1. The molecule has 1 aliphatic rings. The van der Waals surface area contributed by atoms with Crippen molar-refractivity contribution >= 4 is 11.8 Å². The van der Waals surface area contributed by atoms with Crippen LogP contribution in [-0.4, -0.2) is 79.8 Å². The van der Waals surface area contributed by atoms with Crippen molar-refractivity contribution < 1.29 is 18.8 Å². The van der Waals surface area contributed by atoms with Gasteiger partial charge in [-0.1, -0.05) is 5.16 Å². The Morgan fingerprint density at radius 2 is 2.09 bits per heavy atom. The molecule has 1 aliphatic heterocycles. The molecule has 1 aromatic rings. The molecule has 2 heterocycles. The van der Waals surface area contributed by atoms with E-state index in [0.29, 0.717) is 31.1 Å². The monoisotopic (exact) mass is 310 g/mol. The fourth-order valence-corrected chi connectivity index (χ4v) is 2.34. The molecule has 0 aliphatic carbocycles. The smallest absolute Gasteiger partial charge is 0.276 e. The summed E-state index contributed by atoms with van der Waals surface area (Å²) in [7, 11) is 1.49. The zero-order chi connectivity index (χ0) is 15.9. The summed E-state index contributed by atoms with van der Waals surface area (Å²) in [6.45, 7) is 6.05. The lowest BCUT2D eigenvalue weighted by Crippen LogP contribution is -2.50. The van der Waals surface area contributed by atoms with Crippen molar-refractivity contribution in [3.8, 4) is 0 Å². The maximum absolute atomic E-state index is 12.2. The Hall–Kier alpha value is -1.93. The predicted molar refractivity (Wildman–Crippen MR) is 78.5 cm³/mol. The first kappa shape index (κ1) is 16.4. The molecular formula is C14H22N4O4. The number of hydrogen-bond donors (Lipinski definition) is 1. The average molecular weight is 310 g/mol. The van der Waals surface area contributed by atoms with E-state index < -0.39 is 0 Å². The Balaban J connectivity index is 1.69. The number of methoxy groups -OCH3 is 1. The molecule has 1 N–H and O–H groups in total. The van der Waals surface area contributed by atoms with Gasteiger partial charge in [0.2, 0.25) is 5.91 Å². The van der Waals surface area contributed by atoms with Gasteiger partial charge < -0.3 is 19.5 Å². The molecule has 0 saturated carbocycles. The number of carbonyl (C=O) groups is 2. The van der Waals surface area contributed by atoms with Gasteiger partial charge in [-0.05, 0) is 6.92 Å². The van der Waals surface area contributed by atoms with Gasteiger partial charge in [0.15, 0.2) is 5.69 Å². The first-order chi connectivity index (χ1) is 10.6. The molecule has 8 heteroatoms. The Kier molecular flexibility index (Phi) is 5.91. The minimum atomic E-state index is -0.113. The summed E-state index contributed by atoms with van der Waals surface area (Å²) < 4.78 is 9.68. The van der Waals surface area contributed by atoms with Crippen molar-refractivity contribution in [2.24, 2.45) is 0 Å². The van der Waals surface area contributed by atoms with Crippen molar-refractivity contribution in [3.63, 3.8) is 0 Å². The molecule has 0 unspecified atom stereocenters. The van der Waals surface area contributed by atoms with Crippen molar-refractivity contribution in [1.29, 1.82) is 0 Å². The van der Waals surface area contributed by atoms with E-state index in [9.17, 15) is 9.59 Å². The fraction of sp³-hybridized carbons (Fsp3) is 0.643. The van der Waals surface area contributed by atoms with E-state index in [0.717, 1.165) is 19.6 Å². The Labute approximate surface area is 129 Å². The summed E-state index contributed by atoms with van der Waals surface area (Å²) in [6.07, 6.45) is 0. The number of nitrogens with zero attached hydrogens (tertiary/aromatic N) is 3. The van der Waals surface area contributed by atoms with Gasteiger partial charge in [0, 0.05) is 52.4 Å². The van der Waals surface area contributed by atoms with E-state index in [2.05, 4.69) is 15.4 Å². The second kappa shape index (κ2) is 7.90. The van der Waals surface area contributed by atoms with E-state index in [1.165, 1.54) is 7.11 Å². The minimum absolute atomic E-state index is 0.0827. The zero-order valence-electron chi connectivity index (χ0n) is 13.0. The van der Waals surface area contributed by atoms with Crippen LogP contribution in [0.2, 0.25) is 0 Å². The van der Waals surface area contributed by atoms with Crippen LogP contribution in [0.25, 0.3) is 0 Å². The number of piperazine rings is 1. The molecule has 122 valence electrons. The Morgan fingerprint density at radius 3 is 2.68 bits per heavy atom. The minimum Gasteiger partial charge on any atom is -0.375 e. The lowest BCUT2D eigenvalue weighted by molar-refractivity contribution is -0.124. The largest absolute Gasteiger partial charge is 0.375 e. The topological polar surface area (TPSA) is 87.9 Å². The summed E-state index contributed by atoms with van der Waals surface area (Å²) in [6, 6.07) is 1.65. The molecule has 0 atom stereocenters. The van der Waals surface area contributed by atoms with Crippen LogP contribution in [0.1, 0.15) is 16.2 Å². The van der Waals surface area contributed by atoms with Crippen LogP contribution in [0.4, 0.5) is 0 Å². The van der Waals surface area contributed by atoms with Gasteiger partial charge in [-0.25, -0.2) is 0 Å². The van der Waals surface area contributed by atoms with Gasteiger partial charge in [0.1, 0.15) is 12.4 Å². The van der Waals surface area contributed by atoms with Gasteiger partial charge in [-0.3, -0.25) is 14.5 Å². The van der Waals surface area contributed by atoms with Gasteiger partial charge in [-0.2, -0.15) is 0 Å². The molecule has 1 fully saturated rings. The van der Waals surface area contributed by atoms with E-state index in [1.807, 2.05) is 0 Å². The number of aromatic nitrogens is 1. The quantitative estimate of drug-likeness (QED) is 0.762. The number of amides is 2. The molecular weight excluding hydrogens is 288 g/mol. The zero-order valence-corrected chi connectivity index (χ0v) is 13.0. The van der Waals surface area contributed by atoms with Crippen LogP contribution in [0.3, 0.4) is 0 Å². The molecule has 22 heavy (non-hydrogen) atoms. The van der Waals surface area contributed by atoms with Gasteiger partial charge in [0.05, 0.1) is 0 Å². The Morgan fingerprint density at radius 1 is 1.36 bits per heavy atom. The van der Waals surface area contributed by atoms with E-state index in [1.54, 1.807) is 17.9 Å². The van der Waals surface area contributed by atoms with Crippen molar-refractivity contribution in [3.05, 3.63) is 17.5 Å². The number of ether oxygens (including phenoxy) is 1. The Bertz CT molecular complexity index is 509. The fourth-order valence-electron chi connectivity index (χ4n) is 2.34. The highest BCUT2D eigenvalue weighted by Gasteiger charge is 2.23. The molecule has 0 aromatic carbocycles.